The molecule has 0 aromatic heterocycles. The Morgan fingerprint density at radius 3 is 2.43 bits per heavy atom. The molecule has 1 amide bonds. The molecule has 0 aromatic carbocycles. The quantitative estimate of drug-likeness (QED) is 0.542. The summed E-state index contributed by atoms with van der Waals surface area (Å²) in [7, 11) is 1.65. The summed E-state index contributed by atoms with van der Waals surface area (Å²) in [6.07, 6.45) is 8.37. The topological polar surface area (TPSA) is 72.8 Å². The van der Waals surface area contributed by atoms with Crippen molar-refractivity contribution in [3.8, 4) is 0 Å². The van der Waals surface area contributed by atoms with Crippen LogP contribution in [-0.2, 0) is 0 Å². The highest BCUT2D eigenvalue weighted by atomic mass is 16.4. The molecule has 1 aliphatic rings. The lowest BCUT2D eigenvalue weighted by Crippen LogP contribution is -2.30. The minimum Gasteiger partial charge on any atom is -0.465 e. The van der Waals surface area contributed by atoms with Gasteiger partial charge in [-0.3, -0.25) is 0 Å². The van der Waals surface area contributed by atoms with Crippen molar-refractivity contribution in [3.05, 3.63) is 0 Å². The minimum atomic E-state index is -0.825. The fourth-order valence-electron chi connectivity index (χ4n) is 3.04. The van der Waals surface area contributed by atoms with Crippen LogP contribution in [0, 0.1) is 11.8 Å². The molecule has 1 saturated carbocycles. The Bertz CT molecular complexity index is 279. The Morgan fingerprint density at radius 1 is 1.14 bits per heavy atom. The first kappa shape index (κ1) is 18.2. The first-order chi connectivity index (χ1) is 10.1. The van der Waals surface area contributed by atoms with Gasteiger partial charge in [0.15, 0.2) is 0 Å². The third-order valence-corrected chi connectivity index (χ3v) is 4.61. The number of rotatable bonds is 10. The summed E-state index contributed by atoms with van der Waals surface area (Å²) in [6, 6.07) is 0. The molecule has 21 heavy (non-hydrogen) atoms. The van der Waals surface area contributed by atoms with Crippen molar-refractivity contribution >= 4 is 6.09 Å². The maximum absolute atomic E-state index is 10.7. The zero-order valence-electron chi connectivity index (χ0n) is 13.4. The van der Waals surface area contributed by atoms with Crippen LogP contribution in [0.3, 0.4) is 0 Å². The molecule has 0 unspecified atom stereocenters. The molecule has 0 bridgehead atoms. The standard InChI is InChI=1S/C16H32N2O3/c1-18(16(20)21)11-9-14-5-7-15(8-6-14)13-17-10-3-2-4-12-19/h14-15,17,19H,2-13H2,1H3,(H,20,21)/t14-,15-. The second-order valence-electron chi connectivity index (χ2n) is 6.37. The lowest BCUT2D eigenvalue weighted by molar-refractivity contribution is 0.149. The van der Waals surface area contributed by atoms with E-state index >= 15 is 0 Å². The highest BCUT2D eigenvalue weighted by Crippen LogP contribution is 2.30. The van der Waals surface area contributed by atoms with Gasteiger partial charge in [0.05, 0.1) is 0 Å². The maximum Gasteiger partial charge on any atom is 0.407 e. The fourth-order valence-corrected chi connectivity index (χ4v) is 3.04. The summed E-state index contributed by atoms with van der Waals surface area (Å²) >= 11 is 0. The Balaban J connectivity index is 2.00. The molecule has 1 rings (SSSR count). The van der Waals surface area contributed by atoms with Crippen molar-refractivity contribution < 1.29 is 15.0 Å². The van der Waals surface area contributed by atoms with E-state index in [9.17, 15) is 4.79 Å². The monoisotopic (exact) mass is 300 g/mol. The van der Waals surface area contributed by atoms with Gasteiger partial charge < -0.3 is 20.4 Å². The smallest absolute Gasteiger partial charge is 0.407 e. The number of unbranched alkanes of at least 4 members (excludes halogenated alkanes) is 2. The van der Waals surface area contributed by atoms with Crippen molar-refractivity contribution in [3.63, 3.8) is 0 Å². The number of hydrogen-bond donors (Lipinski definition) is 3. The van der Waals surface area contributed by atoms with E-state index in [-0.39, 0.29) is 0 Å². The SMILES string of the molecule is CN(CC[C@H]1CC[C@H](CNCCCCCO)CC1)C(=O)O. The van der Waals surface area contributed by atoms with Gasteiger partial charge in [0.1, 0.15) is 0 Å². The predicted octanol–water partition coefficient (Wildman–Crippen LogP) is 2.54. The molecule has 1 fully saturated rings. The van der Waals surface area contributed by atoms with Gasteiger partial charge in [-0.05, 0) is 63.5 Å². The van der Waals surface area contributed by atoms with Crippen molar-refractivity contribution in [1.82, 2.24) is 10.2 Å². The average Bonchev–Trinajstić information content (AvgIpc) is 2.49. The average molecular weight is 300 g/mol. The minimum absolute atomic E-state index is 0.307. The van der Waals surface area contributed by atoms with Crippen LogP contribution in [-0.4, -0.2) is 54.5 Å². The molecular weight excluding hydrogens is 268 g/mol. The van der Waals surface area contributed by atoms with E-state index < -0.39 is 6.09 Å². The van der Waals surface area contributed by atoms with E-state index in [1.165, 1.54) is 30.6 Å². The largest absolute Gasteiger partial charge is 0.465 e. The molecule has 124 valence electrons. The van der Waals surface area contributed by atoms with Crippen molar-refractivity contribution in [1.29, 1.82) is 0 Å². The van der Waals surface area contributed by atoms with Gasteiger partial charge in [-0.1, -0.05) is 12.8 Å². The molecule has 0 aromatic rings. The molecule has 0 heterocycles. The molecule has 5 nitrogen and oxygen atoms in total. The van der Waals surface area contributed by atoms with E-state index in [0.29, 0.717) is 19.1 Å². The Morgan fingerprint density at radius 2 is 1.81 bits per heavy atom. The molecule has 0 spiro atoms. The lowest BCUT2D eigenvalue weighted by Gasteiger charge is -2.29. The lowest BCUT2D eigenvalue weighted by atomic mass is 9.80. The highest BCUT2D eigenvalue weighted by Gasteiger charge is 2.21. The molecule has 1 aliphatic carbocycles. The number of nitrogens with one attached hydrogen (secondary N) is 1. The molecular formula is C16H32N2O3. The number of amides is 1. The molecule has 0 radical (unpaired) electrons. The molecule has 0 atom stereocenters. The molecule has 0 aliphatic heterocycles. The van der Waals surface area contributed by atoms with Crippen LogP contribution in [0.5, 0.6) is 0 Å². The van der Waals surface area contributed by atoms with Gasteiger partial charge in [0.2, 0.25) is 0 Å². The summed E-state index contributed by atoms with van der Waals surface area (Å²) in [6.45, 7) is 3.14. The Labute approximate surface area is 128 Å². The van der Waals surface area contributed by atoms with Crippen LogP contribution in [0.15, 0.2) is 0 Å². The number of carboxylic acid groups (broad SMARTS) is 1. The van der Waals surface area contributed by atoms with Gasteiger partial charge in [-0.2, -0.15) is 0 Å². The maximum atomic E-state index is 10.7. The number of carbonyl (C=O) groups is 1. The third-order valence-electron chi connectivity index (χ3n) is 4.61. The second-order valence-corrected chi connectivity index (χ2v) is 6.37. The summed E-state index contributed by atoms with van der Waals surface area (Å²) in [5.74, 6) is 1.49. The van der Waals surface area contributed by atoms with Crippen LogP contribution in [0.2, 0.25) is 0 Å². The van der Waals surface area contributed by atoms with Crippen LogP contribution < -0.4 is 5.32 Å². The normalized spacial score (nSPS) is 22.2. The van der Waals surface area contributed by atoms with Crippen LogP contribution >= 0.6 is 0 Å². The molecule has 3 N–H and O–H groups in total. The van der Waals surface area contributed by atoms with Crippen LogP contribution in [0.25, 0.3) is 0 Å². The van der Waals surface area contributed by atoms with Crippen LogP contribution in [0.4, 0.5) is 4.79 Å². The first-order valence-electron chi connectivity index (χ1n) is 8.39. The number of aliphatic hydroxyl groups is 1. The van der Waals surface area contributed by atoms with Gasteiger partial charge in [-0.15, -0.1) is 0 Å². The van der Waals surface area contributed by atoms with Gasteiger partial charge >= 0.3 is 6.09 Å². The number of aliphatic hydroxyl groups excluding tert-OH is 1. The number of nitrogens with zero attached hydrogens (tertiary/aromatic N) is 1. The van der Waals surface area contributed by atoms with Gasteiger partial charge in [0, 0.05) is 20.2 Å². The van der Waals surface area contributed by atoms with Gasteiger partial charge in [0.25, 0.3) is 0 Å². The zero-order valence-corrected chi connectivity index (χ0v) is 13.4. The van der Waals surface area contributed by atoms with Gasteiger partial charge in [-0.25, -0.2) is 4.79 Å². The van der Waals surface area contributed by atoms with E-state index in [1.807, 2.05) is 0 Å². The zero-order chi connectivity index (χ0) is 15.5. The van der Waals surface area contributed by atoms with E-state index in [0.717, 1.165) is 44.7 Å². The Hall–Kier alpha value is -0.810. The third kappa shape index (κ3) is 8.27. The van der Waals surface area contributed by atoms with E-state index in [1.54, 1.807) is 7.05 Å². The summed E-state index contributed by atoms with van der Waals surface area (Å²) in [4.78, 5) is 12.1. The van der Waals surface area contributed by atoms with Crippen molar-refractivity contribution in [2.75, 3.05) is 33.3 Å². The van der Waals surface area contributed by atoms with E-state index in [2.05, 4.69) is 5.32 Å². The Kier molecular flexibility index (Phi) is 9.42. The summed E-state index contributed by atoms with van der Waals surface area (Å²) in [5, 5.41) is 21.1. The first-order valence-corrected chi connectivity index (χ1v) is 8.39. The summed E-state index contributed by atoms with van der Waals surface area (Å²) in [5.41, 5.74) is 0. The van der Waals surface area contributed by atoms with Crippen molar-refractivity contribution in [2.24, 2.45) is 11.8 Å². The van der Waals surface area contributed by atoms with E-state index in [4.69, 9.17) is 10.2 Å². The number of hydrogen-bond acceptors (Lipinski definition) is 3. The van der Waals surface area contributed by atoms with Crippen LogP contribution in [0.1, 0.15) is 51.4 Å². The summed E-state index contributed by atoms with van der Waals surface area (Å²) < 4.78 is 0. The van der Waals surface area contributed by atoms with Crippen molar-refractivity contribution in [2.45, 2.75) is 51.4 Å². The fraction of sp³-hybridized carbons (Fsp3) is 0.938. The predicted molar refractivity (Wildman–Crippen MR) is 84.5 cm³/mol. The second kappa shape index (κ2) is 10.9. The molecule has 5 heteroatoms. The molecule has 0 saturated heterocycles. The highest BCUT2D eigenvalue weighted by molar-refractivity contribution is 5.64.